The summed E-state index contributed by atoms with van der Waals surface area (Å²) in [7, 11) is 0. The highest BCUT2D eigenvalue weighted by molar-refractivity contribution is 5.98. The number of carbonyl (C=O) groups excluding carboxylic acids is 1. The average molecular weight is 252 g/mol. The summed E-state index contributed by atoms with van der Waals surface area (Å²) in [6.07, 6.45) is 0. The molecule has 0 atom stereocenters. The molecule has 3 nitrogen and oxygen atoms in total. The summed E-state index contributed by atoms with van der Waals surface area (Å²) in [4.78, 5) is 12.0. The quantitative estimate of drug-likeness (QED) is 0.665. The molecule has 0 N–H and O–H groups in total. The van der Waals surface area contributed by atoms with Crippen LogP contribution in [0.5, 0.6) is 5.75 Å². The highest BCUT2D eigenvalue weighted by atomic mass is 16.5. The highest BCUT2D eigenvalue weighted by Gasteiger charge is 2.12. The number of carbonyl (C=O) groups is 1. The Morgan fingerprint density at radius 1 is 1.00 bits per heavy atom. The summed E-state index contributed by atoms with van der Waals surface area (Å²) in [5, 5.41) is 0.922. The normalized spacial score (nSPS) is 10.5. The van der Waals surface area contributed by atoms with Gasteiger partial charge in [0.15, 0.2) is 12.4 Å². The fraction of sp³-hybridized carbons (Fsp3) is 0.0625. The third kappa shape index (κ3) is 2.50. The molecular weight excluding hydrogens is 240 g/mol. The molecule has 1 heterocycles. The van der Waals surface area contributed by atoms with Crippen molar-refractivity contribution in [2.24, 2.45) is 0 Å². The van der Waals surface area contributed by atoms with E-state index in [1.54, 1.807) is 6.07 Å². The van der Waals surface area contributed by atoms with E-state index in [-0.39, 0.29) is 12.4 Å². The van der Waals surface area contributed by atoms with E-state index in [0.717, 1.165) is 5.39 Å². The summed E-state index contributed by atoms with van der Waals surface area (Å²) >= 11 is 0. The van der Waals surface area contributed by atoms with Crippen molar-refractivity contribution in [3.8, 4) is 5.75 Å². The van der Waals surface area contributed by atoms with Crippen molar-refractivity contribution in [2.75, 3.05) is 6.61 Å². The first-order chi connectivity index (χ1) is 9.33. The molecule has 0 saturated carbocycles. The number of rotatable bonds is 4. The monoisotopic (exact) mass is 252 g/mol. The Labute approximate surface area is 110 Å². The lowest BCUT2D eigenvalue weighted by molar-refractivity contribution is 0.0896. The van der Waals surface area contributed by atoms with Gasteiger partial charge in [-0.1, -0.05) is 36.4 Å². The van der Waals surface area contributed by atoms with Gasteiger partial charge in [0, 0.05) is 5.39 Å². The van der Waals surface area contributed by atoms with Gasteiger partial charge < -0.3 is 9.15 Å². The van der Waals surface area contributed by atoms with Crippen LogP contribution in [0.25, 0.3) is 11.0 Å². The van der Waals surface area contributed by atoms with Gasteiger partial charge in [-0.3, -0.25) is 4.79 Å². The first kappa shape index (κ1) is 11.5. The molecule has 0 aliphatic heterocycles. The number of fused-ring (bicyclic) bond motifs is 1. The van der Waals surface area contributed by atoms with Crippen LogP contribution in [0.1, 0.15) is 10.6 Å². The zero-order valence-corrected chi connectivity index (χ0v) is 10.2. The smallest absolute Gasteiger partial charge is 0.235 e. The van der Waals surface area contributed by atoms with E-state index >= 15 is 0 Å². The van der Waals surface area contributed by atoms with E-state index < -0.39 is 0 Å². The number of Topliss-reactive ketones (excluding diaryl/α,β-unsaturated/α-hetero) is 1. The molecule has 3 rings (SSSR count). The molecule has 1 aromatic heterocycles. The number of hydrogen-bond donors (Lipinski definition) is 0. The number of para-hydroxylation sites is 2. The highest BCUT2D eigenvalue weighted by Crippen LogP contribution is 2.19. The van der Waals surface area contributed by atoms with Crippen LogP contribution in [-0.4, -0.2) is 12.4 Å². The van der Waals surface area contributed by atoms with Crippen LogP contribution in [0, 0.1) is 0 Å². The fourth-order valence-electron chi connectivity index (χ4n) is 1.86. The molecule has 0 saturated heterocycles. The second-order valence-electron chi connectivity index (χ2n) is 4.17. The maximum absolute atomic E-state index is 12.0. The Kier molecular flexibility index (Phi) is 3.02. The van der Waals surface area contributed by atoms with Crippen LogP contribution >= 0.6 is 0 Å². The molecular formula is C16H12O3. The van der Waals surface area contributed by atoms with E-state index in [1.807, 2.05) is 54.6 Å². The van der Waals surface area contributed by atoms with Gasteiger partial charge in [0.05, 0.1) is 0 Å². The van der Waals surface area contributed by atoms with Gasteiger partial charge in [-0.15, -0.1) is 0 Å². The maximum atomic E-state index is 12.0. The third-order valence-electron chi connectivity index (χ3n) is 2.81. The third-order valence-corrected chi connectivity index (χ3v) is 2.81. The molecule has 0 fully saturated rings. The SMILES string of the molecule is O=C(COc1ccccc1)c1cc2ccccc2o1. The Bertz CT molecular complexity index is 665. The largest absolute Gasteiger partial charge is 0.485 e. The van der Waals surface area contributed by atoms with Crippen LogP contribution in [0.2, 0.25) is 0 Å². The predicted molar refractivity (Wildman–Crippen MR) is 72.5 cm³/mol. The number of furan rings is 1. The van der Waals surface area contributed by atoms with Crippen molar-refractivity contribution in [1.82, 2.24) is 0 Å². The number of ether oxygens (including phenoxy) is 1. The van der Waals surface area contributed by atoms with E-state index in [1.165, 1.54) is 0 Å². The zero-order chi connectivity index (χ0) is 13.1. The van der Waals surface area contributed by atoms with E-state index in [2.05, 4.69) is 0 Å². The summed E-state index contributed by atoms with van der Waals surface area (Å²) in [6.45, 7) is -0.0240. The molecule has 3 heteroatoms. The summed E-state index contributed by atoms with van der Waals surface area (Å²) in [5.74, 6) is 0.837. The van der Waals surface area contributed by atoms with Crippen LogP contribution in [0.4, 0.5) is 0 Å². The summed E-state index contributed by atoms with van der Waals surface area (Å²) < 4.78 is 10.9. The van der Waals surface area contributed by atoms with Gasteiger partial charge in [0.2, 0.25) is 5.78 Å². The van der Waals surface area contributed by atoms with Crippen LogP contribution in [-0.2, 0) is 0 Å². The molecule has 19 heavy (non-hydrogen) atoms. The van der Waals surface area contributed by atoms with E-state index in [9.17, 15) is 4.79 Å². The molecule has 94 valence electrons. The Morgan fingerprint density at radius 3 is 2.53 bits per heavy atom. The predicted octanol–water partition coefficient (Wildman–Crippen LogP) is 3.69. The van der Waals surface area contributed by atoms with Gasteiger partial charge in [-0.25, -0.2) is 0 Å². The Hall–Kier alpha value is -2.55. The van der Waals surface area contributed by atoms with E-state index in [4.69, 9.17) is 9.15 Å². The van der Waals surface area contributed by atoms with Crippen LogP contribution in [0.15, 0.2) is 65.1 Å². The standard InChI is InChI=1S/C16H12O3/c17-14(11-18-13-7-2-1-3-8-13)16-10-12-6-4-5-9-15(12)19-16/h1-10H,11H2. The van der Waals surface area contributed by atoms with Gasteiger partial charge >= 0.3 is 0 Å². The fourth-order valence-corrected chi connectivity index (χ4v) is 1.86. The molecule has 0 bridgehead atoms. The topological polar surface area (TPSA) is 39.4 Å². The molecule has 2 aromatic carbocycles. The maximum Gasteiger partial charge on any atom is 0.235 e. The lowest BCUT2D eigenvalue weighted by atomic mass is 10.2. The number of hydrogen-bond acceptors (Lipinski definition) is 3. The van der Waals surface area contributed by atoms with Crippen LogP contribution < -0.4 is 4.74 Å². The number of benzene rings is 2. The van der Waals surface area contributed by atoms with Gasteiger partial charge in [0.1, 0.15) is 11.3 Å². The molecule has 0 spiro atoms. The minimum Gasteiger partial charge on any atom is -0.485 e. The van der Waals surface area contributed by atoms with Crippen molar-refractivity contribution < 1.29 is 13.9 Å². The Balaban J connectivity index is 1.73. The lowest BCUT2D eigenvalue weighted by Gasteiger charge is -2.02. The number of ketones is 1. The van der Waals surface area contributed by atoms with Crippen molar-refractivity contribution in [3.05, 3.63) is 66.4 Å². The molecule has 0 aliphatic carbocycles. The summed E-state index contributed by atoms with van der Waals surface area (Å²) in [5.41, 5.74) is 0.713. The minimum absolute atomic E-state index is 0.0240. The zero-order valence-electron chi connectivity index (χ0n) is 10.2. The minimum atomic E-state index is -0.167. The molecule has 0 amide bonds. The van der Waals surface area contributed by atoms with Gasteiger partial charge in [-0.2, -0.15) is 0 Å². The molecule has 0 aliphatic rings. The first-order valence-electron chi connectivity index (χ1n) is 6.02. The van der Waals surface area contributed by atoms with Gasteiger partial charge in [0.25, 0.3) is 0 Å². The van der Waals surface area contributed by atoms with E-state index in [0.29, 0.717) is 17.1 Å². The summed E-state index contributed by atoms with van der Waals surface area (Å²) in [6, 6.07) is 18.5. The first-order valence-corrected chi connectivity index (χ1v) is 6.02. The average Bonchev–Trinajstić information content (AvgIpc) is 2.90. The van der Waals surface area contributed by atoms with Gasteiger partial charge in [-0.05, 0) is 24.3 Å². The van der Waals surface area contributed by atoms with Crippen molar-refractivity contribution in [2.45, 2.75) is 0 Å². The molecule has 0 unspecified atom stereocenters. The second-order valence-corrected chi connectivity index (χ2v) is 4.17. The van der Waals surface area contributed by atoms with Crippen molar-refractivity contribution in [3.63, 3.8) is 0 Å². The van der Waals surface area contributed by atoms with Crippen molar-refractivity contribution >= 4 is 16.8 Å². The lowest BCUT2D eigenvalue weighted by Crippen LogP contribution is -2.10. The molecule has 3 aromatic rings. The molecule has 0 radical (unpaired) electrons. The van der Waals surface area contributed by atoms with Crippen molar-refractivity contribution in [1.29, 1.82) is 0 Å². The second kappa shape index (κ2) is 4.98. The Morgan fingerprint density at radius 2 is 1.74 bits per heavy atom. The van der Waals surface area contributed by atoms with Crippen LogP contribution in [0.3, 0.4) is 0 Å².